The summed E-state index contributed by atoms with van der Waals surface area (Å²) in [7, 11) is -9.49. The number of hydrogen-bond donors (Lipinski definition) is 6. The van der Waals surface area contributed by atoms with E-state index in [2.05, 4.69) is 20.4 Å². The van der Waals surface area contributed by atoms with Gasteiger partial charge in [-0.05, 0) is 18.0 Å². The summed E-state index contributed by atoms with van der Waals surface area (Å²) in [6, 6.07) is 0. The van der Waals surface area contributed by atoms with E-state index in [0.29, 0.717) is 37.1 Å². The molecule has 2 unspecified atom stereocenters. The third-order valence-corrected chi connectivity index (χ3v) is 9.02. The standard InChI is InChI=1S/C16H24ClN5O10P2/c17-16-20-14(18-3-8-1-2-30-5-8)15-19-4-9(22(15)21-16)13-12(24)11(23)10(32-13)6-31-34(28,29)7-33(25,26)27/h4,8,10-13,23-24H,1-3,5-7H2,(H,28,29)(H,18,20,21)(H2,25,26,27)/t8?,10-,11-,12-,13+/m1/s1. The minimum Gasteiger partial charge on any atom is -0.387 e. The van der Waals surface area contributed by atoms with Gasteiger partial charge in [0.2, 0.25) is 5.28 Å². The molecule has 2 aliphatic rings. The number of anilines is 1. The molecular formula is C16H24ClN5O10P2. The SMILES string of the molecule is O=P(O)(O)CP(=O)(O)OC[C@H]1O[C@@H](c2cnc3c(NCC4CCOC4)nc(Cl)nn23)[C@H](O)[C@@H]1O. The highest BCUT2D eigenvalue weighted by atomic mass is 35.5. The zero-order valence-corrected chi connectivity index (χ0v) is 20.1. The Kier molecular flexibility index (Phi) is 7.63. The van der Waals surface area contributed by atoms with E-state index in [-0.39, 0.29) is 11.0 Å². The van der Waals surface area contributed by atoms with E-state index in [9.17, 15) is 24.2 Å². The van der Waals surface area contributed by atoms with Crippen molar-refractivity contribution in [1.82, 2.24) is 19.6 Å². The number of imidazole rings is 1. The van der Waals surface area contributed by atoms with Crippen LogP contribution in [0.3, 0.4) is 0 Å². The molecular weight excluding hydrogens is 520 g/mol. The van der Waals surface area contributed by atoms with Crippen LogP contribution in [-0.4, -0.2) is 95.1 Å². The first kappa shape index (κ1) is 25.9. The van der Waals surface area contributed by atoms with Crippen LogP contribution in [0.2, 0.25) is 5.28 Å². The maximum atomic E-state index is 11.9. The molecule has 0 spiro atoms. The molecule has 0 bridgehead atoms. The monoisotopic (exact) mass is 543 g/mol. The predicted octanol–water partition coefficient (Wildman–Crippen LogP) is -0.275. The summed E-state index contributed by atoms with van der Waals surface area (Å²) in [6.45, 7) is 1.18. The molecule has 190 valence electrons. The van der Waals surface area contributed by atoms with E-state index in [1.807, 2.05) is 0 Å². The molecule has 0 saturated carbocycles. The summed E-state index contributed by atoms with van der Waals surface area (Å²) < 4.78 is 39.9. The molecule has 6 N–H and O–H groups in total. The van der Waals surface area contributed by atoms with E-state index in [1.165, 1.54) is 10.7 Å². The Bertz CT molecular complexity index is 1130. The van der Waals surface area contributed by atoms with Gasteiger partial charge in [0.25, 0.3) is 0 Å². The first-order valence-electron chi connectivity index (χ1n) is 10.2. The quantitative estimate of drug-likeness (QED) is 0.224. The van der Waals surface area contributed by atoms with Crippen molar-refractivity contribution >= 4 is 38.3 Å². The third kappa shape index (κ3) is 5.94. The van der Waals surface area contributed by atoms with Gasteiger partial charge in [-0.3, -0.25) is 9.13 Å². The van der Waals surface area contributed by atoms with Crippen molar-refractivity contribution in [3.05, 3.63) is 17.2 Å². The van der Waals surface area contributed by atoms with Crippen LogP contribution in [0, 0.1) is 5.92 Å². The first-order chi connectivity index (χ1) is 15.9. The van der Waals surface area contributed by atoms with Crippen molar-refractivity contribution < 1.29 is 48.0 Å². The molecule has 0 aromatic carbocycles. The van der Waals surface area contributed by atoms with Crippen molar-refractivity contribution in [3.8, 4) is 0 Å². The molecule has 2 aromatic rings. The zero-order valence-electron chi connectivity index (χ0n) is 17.5. The van der Waals surface area contributed by atoms with Crippen molar-refractivity contribution in [2.45, 2.75) is 30.8 Å². The molecule has 2 aromatic heterocycles. The molecule has 0 radical (unpaired) electrons. The molecule has 2 saturated heterocycles. The second-order valence-corrected chi connectivity index (χ2v) is 12.4. The van der Waals surface area contributed by atoms with E-state index < -0.39 is 52.1 Å². The average molecular weight is 544 g/mol. The van der Waals surface area contributed by atoms with Gasteiger partial charge in [0.05, 0.1) is 25.1 Å². The minimum absolute atomic E-state index is 0.108. The maximum Gasteiger partial charge on any atom is 0.340 e. The summed E-state index contributed by atoms with van der Waals surface area (Å²) in [4.78, 5) is 35.8. The first-order valence-corrected chi connectivity index (χ1v) is 14.1. The fraction of sp³-hybridized carbons (Fsp3) is 0.688. The number of halogens is 1. The lowest BCUT2D eigenvalue weighted by Gasteiger charge is -2.18. The van der Waals surface area contributed by atoms with Gasteiger partial charge < -0.3 is 44.2 Å². The lowest BCUT2D eigenvalue weighted by Crippen LogP contribution is -2.33. The van der Waals surface area contributed by atoms with Gasteiger partial charge in [0.15, 0.2) is 17.4 Å². The molecule has 2 aliphatic heterocycles. The molecule has 15 nitrogen and oxygen atoms in total. The Morgan fingerprint density at radius 2 is 2.03 bits per heavy atom. The number of nitrogens with one attached hydrogen (secondary N) is 1. The van der Waals surface area contributed by atoms with E-state index in [1.54, 1.807) is 0 Å². The Morgan fingerprint density at radius 1 is 1.26 bits per heavy atom. The van der Waals surface area contributed by atoms with Crippen molar-refractivity contribution in [2.75, 3.05) is 37.6 Å². The number of rotatable bonds is 9. The average Bonchev–Trinajstić information content (AvgIpc) is 3.44. The van der Waals surface area contributed by atoms with E-state index in [0.717, 1.165) is 6.42 Å². The minimum atomic E-state index is -4.82. The number of aliphatic hydroxyl groups is 2. The second-order valence-electron chi connectivity index (χ2n) is 8.07. The lowest BCUT2D eigenvalue weighted by atomic mass is 10.1. The Balaban J connectivity index is 1.50. The van der Waals surface area contributed by atoms with Crippen LogP contribution in [0.5, 0.6) is 0 Å². The molecule has 4 heterocycles. The summed E-state index contributed by atoms with van der Waals surface area (Å²) in [5.74, 6) is -0.739. The molecule has 34 heavy (non-hydrogen) atoms. The van der Waals surface area contributed by atoms with E-state index >= 15 is 0 Å². The topological polar surface area (TPSA) is 218 Å². The molecule has 2 fully saturated rings. The van der Waals surface area contributed by atoms with Gasteiger partial charge in [-0.2, -0.15) is 4.98 Å². The van der Waals surface area contributed by atoms with Crippen LogP contribution in [0.25, 0.3) is 5.65 Å². The fourth-order valence-electron chi connectivity index (χ4n) is 3.76. The largest absolute Gasteiger partial charge is 0.387 e. The van der Waals surface area contributed by atoms with Gasteiger partial charge in [-0.25, -0.2) is 9.50 Å². The van der Waals surface area contributed by atoms with Gasteiger partial charge in [-0.1, -0.05) is 0 Å². The maximum absolute atomic E-state index is 11.9. The van der Waals surface area contributed by atoms with Crippen LogP contribution in [-0.2, 0) is 23.1 Å². The molecule has 6 atom stereocenters. The summed E-state index contributed by atoms with van der Waals surface area (Å²) >= 11 is 6.07. The molecule has 4 rings (SSSR count). The predicted molar refractivity (Wildman–Crippen MR) is 116 cm³/mol. The Morgan fingerprint density at radius 3 is 2.71 bits per heavy atom. The summed E-state index contributed by atoms with van der Waals surface area (Å²) in [6.07, 6.45) is -3.21. The smallest absolute Gasteiger partial charge is 0.340 e. The van der Waals surface area contributed by atoms with Gasteiger partial charge in [0.1, 0.15) is 24.4 Å². The number of aliphatic hydroxyl groups excluding tert-OH is 2. The zero-order chi connectivity index (χ0) is 24.7. The molecule has 18 heteroatoms. The van der Waals surface area contributed by atoms with Gasteiger partial charge >= 0.3 is 15.2 Å². The highest BCUT2D eigenvalue weighted by Crippen LogP contribution is 2.55. The van der Waals surface area contributed by atoms with Crippen LogP contribution in [0.1, 0.15) is 18.2 Å². The number of hydrogen-bond acceptors (Lipinski definition) is 11. The Hall–Kier alpha value is -1.22. The summed E-state index contributed by atoms with van der Waals surface area (Å²) in [5.41, 5.74) is 0.521. The number of ether oxygens (including phenoxy) is 2. The molecule has 0 aliphatic carbocycles. The van der Waals surface area contributed by atoms with Gasteiger partial charge in [0, 0.05) is 19.1 Å². The second kappa shape index (κ2) is 10.0. The van der Waals surface area contributed by atoms with Crippen molar-refractivity contribution in [2.24, 2.45) is 5.92 Å². The highest BCUT2D eigenvalue weighted by Gasteiger charge is 2.46. The lowest BCUT2D eigenvalue weighted by molar-refractivity contribution is -0.0204. The van der Waals surface area contributed by atoms with Crippen LogP contribution < -0.4 is 5.32 Å². The van der Waals surface area contributed by atoms with Crippen LogP contribution >= 0.6 is 26.8 Å². The van der Waals surface area contributed by atoms with E-state index in [4.69, 9.17) is 35.4 Å². The fourth-order valence-corrected chi connectivity index (χ4v) is 6.49. The van der Waals surface area contributed by atoms with Crippen LogP contribution in [0.4, 0.5) is 5.82 Å². The van der Waals surface area contributed by atoms with Crippen molar-refractivity contribution in [3.63, 3.8) is 0 Å². The normalized spacial score (nSPS) is 29.5. The number of fused-ring (bicyclic) bond motifs is 1. The van der Waals surface area contributed by atoms with Crippen molar-refractivity contribution in [1.29, 1.82) is 0 Å². The third-order valence-electron chi connectivity index (χ3n) is 5.40. The Labute approximate surface area is 197 Å². The number of nitrogens with zero attached hydrogens (tertiary/aromatic N) is 4. The molecule has 0 amide bonds. The van der Waals surface area contributed by atoms with Gasteiger partial charge in [-0.15, -0.1) is 5.10 Å². The highest BCUT2D eigenvalue weighted by molar-refractivity contribution is 7.70. The number of aromatic nitrogens is 4. The van der Waals surface area contributed by atoms with Crippen LogP contribution in [0.15, 0.2) is 6.20 Å². The summed E-state index contributed by atoms with van der Waals surface area (Å²) in [5, 5.41) is 28.0.